The number of nitrogens with zero attached hydrogens (tertiary/aromatic N) is 4. The zero-order valence-corrected chi connectivity index (χ0v) is 38.3. The van der Waals surface area contributed by atoms with Gasteiger partial charge in [-0.2, -0.15) is 0 Å². The Morgan fingerprint density at radius 2 is 0.933 bits per heavy atom. The summed E-state index contributed by atoms with van der Waals surface area (Å²) >= 11 is 26.2. The number of hydrogen-bond donors (Lipinski definition) is 3. The van der Waals surface area contributed by atoms with Crippen LogP contribution in [0.1, 0.15) is 59.9 Å². The van der Waals surface area contributed by atoms with Gasteiger partial charge in [0.1, 0.15) is 32.1 Å². The molecule has 0 fully saturated rings. The molecule has 7 nitrogen and oxygen atoms in total. The summed E-state index contributed by atoms with van der Waals surface area (Å²) in [5.41, 5.74) is 29.8. The quantitative estimate of drug-likeness (QED) is 0.0616. The summed E-state index contributed by atoms with van der Waals surface area (Å²) in [5, 5.41) is 5.99. The number of nitrogens with two attached hydrogens (primary N) is 2. The topological polar surface area (TPSA) is 97.6 Å². The van der Waals surface area contributed by atoms with Gasteiger partial charge in [0.2, 0.25) is 33.4 Å². The number of aromatic nitrogens is 4. The van der Waals surface area contributed by atoms with Crippen LogP contribution in [0.25, 0.3) is 55.5 Å². The van der Waals surface area contributed by atoms with Crippen molar-refractivity contribution in [3.63, 3.8) is 0 Å². The van der Waals surface area contributed by atoms with Crippen LogP contribution in [-0.4, -0.2) is 16.5 Å². The molecular formula is C47H45Cl6N7. The van der Waals surface area contributed by atoms with E-state index in [2.05, 4.69) is 52.6 Å². The van der Waals surface area contributed by atoms with Gasteiger partial charge in [-0.1, -0.05) is 65.7 Å². The number of benzene rings is 6. The molecule has 8 aromatic rings. The van der Waals surface area contributed by atoms with Crippen LogP contribution in [0.5, 0.6) is 0 Å². The normalized spacial score (nSPS) is 11.3. The van der Waals surface area contributed by atoms with Crippen molar-refractivity contribution in [3.05, 3.63) is 133 Å². The number of nitrogens with one attached hydrogen (secondary N) is 1. The Labute approximate surface area is 382 Å². The van der Waals surface area contributed by atoms with E-state index in [4.69, 9.17) is 67.8 Å². The Balaban J connectivity index is 0.00000302. The highest BCUT2D eigenvalue weighted by molar-refractivity contribution is 6.36. The highest BCUT2D eigenvalue weighted by Crippen LogP contribution is 2.31. The van der Waals surface area contributed by atoms with Gasteiger partial charge in [-0.05, 0) is 123 Å². The minimum absolute atomic E-state index is 0. The van der Waals surface area contributed by atoms with Crippen LogP contribution in [0, 0.1) is 27.7 Å². The van der Waals surface area contributed by atoms with E-state index >= 15 is 0 Å². The maximum absolute atomic E-state index is 6.82. The molecule has 0 amide bonds. The summed E-state index contributed by atoms with van der Waals surface area (Å²) in [7, 11) is 0. The lowest BCUT2D eigenvalue weighted by molar-refractivity contribution is -0.538. The molecule has 0 radical (unpaired) electrons. The summed E-state index contributed by atoms with van der Waals surface area (Å²) in [6.07, 6.45) is 6.56. The molecule has 0 saturated carbocycles. The van der Waals surface area contributed by atoms with Crippen molar-refractivity contribution in [1.29, 1.82) is 0 Å². The largest absolute Gasteiger partial charge is 1.00 e. The molecule has 0 aliphatic rings. The lowest BCUT2D eigenvalue weighted by Crippen LogP contribution is -3.00. The lowest BCUT2D eigenvalue weighted by Gasteiger charge is -2.13. The Bertz CT molecular complexity index is 2740. The van der Waals surface area contributed by atoms with Crippen LogP contribution >= 0.6 is 46.4 Å². The fourth-order valence-corrected chi connectivity index (χ4v) is 8.88. The number of fused-ring (bicyclic) bond motifs is 4. The van der Waals surface area contributed by atoms with Gasteiger partial charge in [-0.25, -0.2) is 9.97 Å². The van der Waals surface area contributed by atoms with Gasteiger partial charge in [0.25, 0.3) is 0 Å². The Kier molecular flexibility index (Phi) is 14.1. The molecule has 0 atom stereocenters. The SMILES string of the molecule is Cc1cc2nc3cc(C)c(CCCCCCCNc4cc5c(cc4C)nc4cc(C)c(N)cc4[n+]5-c4ccc(Cl)cc4Cl)cc3[n+](-c3ccc(Cl)cc3Cl)c2cc1N.[Cl-].[Cl-]. The van der Waals surface area contributed by atoms with Crippen molar-refractivity contribution in [3.8, 4) is 11.4 Å². The number of hydrogen-bond acceptors (Lipinski definition) is 5. The second kappa shape index (κ2) is 18.7. The molecule has 13 heteroatoms. The van der Waals surface area contributed by atoms with E-state index in [1.54, 1.807) is 12.1 Å². The van der Waals surface area contributed by atoms with E-state index in [9.17, 15) is 0 Å². The van der Waals surface area contributed by atoms with E-state index in [1.165, 1.54) is 11.1 Å². The predicted octanol–water partition coefficient (Wildman–Crippen LogP) is 6.27. The Morgan fingerprint density at radius 1 is 0.500 bits per heavy atom. The monoisotopic (exact) mass is 917 g/mol. The Morgan fingerprint density at radius 3 is 1.45 bits per heavy atom. The molecule has 0 unspecified atom stereocenters. The summed E-state index contributed by atoms with van der Waals surface area (Å²) in [6.45, 7) is 9.16. The number of rotatable bonds is 11. The summed E-state index contributed by atoms with van der Waals surface area (Å²) in [5.74, 6) is 0. The van der Waals surface area contributed by atoms with Gasteiger partial charge in [0.05, 0.1) is 0 Å². The fraction of sp³-hybridized carbons (Fsp3) is 0.234. The van der Waals surface area contributed by atoms with Gasteiger partial charge in [0.15, 0.2) is 0 Å². The van der Waals surface area contributed by atoms with Crippen molar-refractivity contribution in [2.75, 3.05) is 23.3 Å². The predicted molar refractivity (Wildman–Crippen MR) is 245 cm³/mol. The molecule has 6 aromatic carbocycles. The summed E-state index contributed by atoms with van der Waals surface area (Å²) in [4.78, 5) is 10.1. The Hall–Kier alpha value is -4.34. The first kappa shape index (κ1) is 45.2. The first-order chi connectivity index (χ1) is 27.9. The van der Waals surface area contributed by atoms with Crippen LogP contribution < -0.4 is 50.7 Å². The second-order valence-corrected chi connectivity index (χ2v) is 17.0. The molecule has 5 N–H and O–H groups in total. The first-order valence-corrected chi connectivity index (χ1v) is 21.1. The molecule has 8 rings (SSSR count). The third-order valence-electron chi connectivity index (χ3n) is 11.2. The van der Waals surface area contributed by atoms with Gasteiger partial charge in [-0.15, -0.1) is 9.13 Å². The molecule has 2 heterocycles. The maximum Gasteiger partial charge on any atom is 0.239 e. The average molecular weight is 921 g/mol. The number of halogens is 6. The minimum atomic E-state index is 0. The van der Waals surface area contributed by atoms with Gasteiger partial charge in [0, 0.05) is 70.1 Å². The number of nitrogen functional groups attached to an aromatic ring is 2. The van der Waals surface area contributed by atoms with Gasteiger partial charge in [-0.3, -0.25) is 0 Å². The van der Waals surface area contributed by atoms with E-state index < -0.39 is 0 Å². The van der Waals surface area contributed by atoms with E-state index in [1.807, 2.05) is 62.4 Å². The molecule has 310 valence electrons. The fourth-order valence-electron chi connectivity index (χ4n) is 7.89. The van der Waals surface area contributed by atoms with E-state index in [0.29, 0.717) is 31.5 Å². The molecule has 0 aliphatic heterocycles. The molecule has 2 aromatic heterocycles. The van der Waals surface area contributed by atoms with Crippen LogP contribution in [-0.2, 0) is 6.42 Å². The molecule has 60 heavy (non-hydrogen) atoms. The maximum atomic E-state index is 6.82. The van der Waals surface area contributed by atoms with Crippen LogP contribution in [0.2, 0.25) is 20.1 Å². The van der Waals surface area contributed by atoms with E-state index in [0.717, 1.165) is 123 Å². The highest BCUT2D eigenvalue weighted by Gasteiger charge is 2.26. The van der Waals surface area contributed by atoms with Crippen molar-refractivity contribution in [1.82, 2.24) is 9.97 Å². The third kappa shape index (κ3) is 8.99. The van der Waals surface area contributed by atoms with Crippen molar-refractivity contribution in [2.24, 2.45) is 0 Å². The highest BCUT2D eigenvalue weighted by atomic mass is 35.5. The third-order valence-corrected chi connectivity index (χ3v) is 12.2. The first-order valence-electron chi connectivity index (χ1n) is 19.6. The summed E-state index contributed by atoms with van der Waals surface area (Å²) in [6, 6.07) is 28.0. The average Bonchev–Trinajstić information content (AvgIpc) is 3.17. The molecule has 0 saturated heterocycles. The van der Waals surface area contributed by atoms with Crippen molar-refractivity contribution in [2.45, 2.75) is 66.2 Å². The standard InChI is InChI=1S/C47H43Cl4N7.2ClH/c1-26-16-38-44(57(42-13-11-31(48)21-33(42)50)45-23-35(52)27(2)17-39(45)55-38)20-30(26)10-8-6-5-7-9-15-54-37-25-47-41(19-29(37)4)56-40-18-28(3)36(53)24-46(40)58(47)43-14-12-32(49)22-34(43)51;;/h11-14,16-25,52H,5-10,15H2,1-4H3,(H2,53,54);2*1H. The van der Waals surface area contributed by atoms with Crippen LogP contribution in [0.15, 0.2) is 84.9 Å². The van der Waals surface area contributed by atoms with Gasteiger partial charge >= 0.3 is 0 Å². The molecule has 0 bridgehead atoms. The van der Waals surface area contributed by atoms with Crippen LogP contribution in [0.4, 0.5) is 17.1 Å². The molecule has 0 aliphatic carbocycles. The molecular weight excluding hydrogens is 875 g/mol. The van der Waals surface area contributed by atoms with Gasteiger partial charge < -0.3 is 41.6 Å². The number of anilines is 3. The van der Waals surface area contributed by atoms with Crippen molar-refractivity contribution >= 4 is 108 Å². The number of unbranched alkanes of at least 4 members (excludes halogenated alkanes) is 4. The second-order valence-electron chi connectivity index (χ2n) is 15.3. The zero-order chi connectivity index (χ0) is 40.8. The number of aryl methyl sites for hydroxylation is 5. The smallest absolute Gasteiger partial charge is 0.239 e. The zero-order valence-electron chi connectivity index (χ0n) is 33.7. The van der Waals surface area contributed by atoms with Crippen molar-refractivity contribution < 1.29 is 33.9 Å². The van der Waals surface area contributed by atoms with E-state index in [-0.39, 0.29) is 24.8 Å². The summed E-state index contributed by atoms with van der Waals surface area (Å²) < 4.78 is 4.30. The lowest BCUT2D eigenvalue weighted by atomic mass is 10.00. The van der Waals surface area contributed by atoms with Crippen LogP contribution in [0.3, 0.4) is 0 Å². The molecule has 0 spiro atoms. The minimum Gasteiger partial charge on any atom is -1.00 e.